The van der Waals surface area contributed by atoms with Gasteiger partial charge in [0.1, 0.15) is 11.7 Å². The van der Waals surface area contributed by atoms with Crippen LogP contribution in [0.3, 0.4) is 0 Å². The maximum absolute atomic E-state index is 11.8. The van der Waals surface area contributed by atoms with Gasteiger partial charge in [-0.15, -0.1) is 0 Å². The van der Waals surface area contributed by atoms with E-state index in [0.717, 1.165) is 6.07 Å². The molecule has 18 heavy (non-hydrogen) atoms. The normalized spacial score (nSPS) is 12.8. The Labute approximate surface area is 103 Å². The molecule has 0 aliphatic rings. The Morgan fingerprint density at radius 2 is 2.00 bits per heavy atom. The zero-order valence-corrected chi connectivity index (χ0v) is 10.4. The van der Waals surface area contributed by atoms with E-state index in [1.807, 2.05) is 0 Å². The Morgan fingerprint density at radius 3 is 2.39 bits per heavy atom. The van der Waals surface area contributed by atoms with Crippen molar-refractivity contribution < 1.29 is 14.7 Å². The number of carbonyl (C=O) groups is 2. The molecule has 7 nitrogen and oxygen atoms in total. The first kappa shape index (κ1) is 13.9. The van der Waals surface area contributed by atoms with E-state index in [4.69, 9.17) is 5.11 Å². The highest BCUT2D eigenvalue weighted by Crippen LogP contribution is 2.19. The number of aliphatic carboxylic acids is 1. The first-order chi connectivity index (χ1) is 8.21. The van der Waals surface area contributed by atoms with Gasteiger partial charge in [0.2, 0.25) is 0 Å². The maximum Gasteiger partial charge on any atom is 0.326 e. The van der Waals surface area contributed by atoms with E-state index in [0.29, 0.717) is 0 Å². The summed E-state index contributed by atoms with van der Waals surface area (Å²) in [7, 11) is 0. The largest absolute Gasteiger partial charge is 0.480 e. The molecule has 0 aromatic carbocycles. The minimum absolute atomic E-state index is 0.0369. The van der Waals surface area contributed by atoms with Crippen molar-refractivity contribution in [1.29, 1.82) is 0 Å². The maximum atomic E-state index is 11.8. The summed E-state index contributed by atoms with van der Waals surface area (Å²) in [5.41, 5.74) is -1.11. The van der Waals surface area contributed by atoms with Crippen LogP contribution in [-0.4, -0.2) is 33.2 Å². The molecule has 1 atom stereocenters. The van der Waals surface area contributed by atoms with Crippen LogP contribution >= 0.6 is 0 Å². The van der Waals surface area contributed by atoms with Crippen molar-refractivity contribution in [3.05, 3.63) is 28.2 Å². The molecule has 0 bridgehead atoms. The van der Waals surface area contributed by atoms with Crippen LogP contribution in [0.25, 0.3) is 0 Å². The molecular weight excluding hydrogens is 238 g/mol. The van der Waals surface area contributed by atoms with Crippen LogP contribution < -0.4 is 10.9 Å². The lowest BCUT2D eigenvalue weighted by atomic mass is 9.86. The molecule has 98 valence electrons. The molecule has 0 aliphatic carbocycles. The van der Waals surface area contributed by atoms with E-state index >= 15 is 0 Å². The number of hydrogen-bond donors (Lipinski definition) is 3. The Hall–Kier alpha value is -2.18. The van der Waals surface area contributed by atoms with E-state index in [-0.39, 0.29) is 5.69 Å². The van der Waals surface area contributed by atoms with E-state index in [1.165, 1.54) is 6.07 Å². The summed E-state index contributed by atoms with van der Waals surface area (Å²) >= 11 is 0. The number of carboxylic acids is 1. The monoisotopic (exact) mass is 253 g/mol. The predicted molar refractivity (Wildman–Crippen MR) is 63.2 cm³/mol. The number of H-pyrrole nitrogens is 1. The van der Waals surface area contributed by atoms with Crippen LogP contribution in [0.1, 0.15) is 31.3 Å². The summed E-state index contributed by atoms with van der Waals surface area (Å²) in [6.07, 6.45) is 0. The third kappa shape index (κ3) is 3.41. The molecule has 0 saturated heterocycles. The third-order valence-corrected chi connectivity index (χ3v) is 2.30. The zero-order valence-electron chi connectivity index (χ0n) is 10.4. The highest BCUT2D eigenvalue weighted by molar-refractivity contribution is 5.94. The number of nitrogens with zero attached hydrogens (tertiary/aromatic N) is 1. The molecule has 0 aliphatic heterocycles. The average Bonchev–Trinajstić information content (AvgIpc) is 2.24. The highest BCUT2D eigenvalue weighted by atomic mass is 16.4. The molecule has 1 amide bonds. The molecule has 7 heteroatoms. The van der Waals surface area contributed by atoms with Gasteiger partial charge in [0.25, 0.3) is 11.5 Å². The second-order valence-electron chi connectivity index (χ2n) is 4.92. The number of amides is 1. The summed E-state index contributed by atoms with van der Waals surface area (Å²) in [4.78, 5) is 33.6. The van der Waals surface area contributed by atoms with Crippen molar-refractivity contribution in [1.82, 2.24) is 15.5 Å². The van der Waals surface area contributed by atoms with Crippen LogP contribution in [-0.2, 0) is 4.79 Å². The van der Waals surface area contributed by atoms with Crippen LogP contribution in [0.15, 0.2) is 16.9 Å². The Bertz CT molecular complexity index is 495. The first-order valence-corrected chi connectivity index (χ1v) is 5.31. The smallest absolute Gasteiger partial charge is 0.326 e. The summed E-state index contributed by atoms with van der Waals surface area (Å²) in [5, 5.41) is 17.1. The Kier molecular flexibility index (Phi) is 3.85. The van der Waals surface area contributed by atoms with Gasteiger partial charge >= 0.3 is 5.97 Å². The Balaban J connectivity index is 2.89. The standard InChI is InChI=1S/C11H15N3O4/c1-11(2,3)8(10(17)18)12-9(16)6-4-5-7(15)14-13-6/h4-5,8H,1-3H3,(H,12,16)(H,14,15)(H,17,18)/t8-/m0/s1. The van der Waals surface area contributed by atoms with Crippen molar-refractivity contribution >= 4 is 11.9 Å². The van der Waals surface area contributed by atoms with Crippen LogP contribution in [0.5, 0.6) is 0 Å². The van der Waals surface area contributed by atoms with Crippen molar-refractivity contribution in [2.24, 2.45) is 5.41 Å². The number of aromatic amines is 1. The minimum Gasteiger partial charge on any atom is -0.480 e. The molecule has 0 radical (unpaired) electrons. The van der Waals surface area contributed by atoms with E-state index in [2.05, 4.69) is 15.5 Å². The lowest BCUT2D eigenvalue weighted by molar-refractivity contribution is -0.142. The molecule has 0 fully saturated rings. The van der Waals surface area contributed by atoms with Crippen LogP contribution in [0.2, 0.25) is 0 Å². The summed E-state index contributed by atoms with van der Waals surface area (Å²) < 4.78 is 0. The fourth-order valence-electron chi connectivity index (χ4n) is 1.32. The van der Waals surface area contributed by atoms with Gasteiger partial charge in [0.05, 0.1) is 0 Å². The highest BCUT2D eigenvalue weighted by Gasteiger charge is 2.33. The lowest BCUT2D eigenvalue weighted by Crippen LogP contribution is -2.49. The fraction of sp³-hybridized carbons (Fsp3) is 0.455. The SMILES string of the molecule is CC(C)(C)[C@@H](NC(=O)c1ccc(=O)[nH]n1)C(=O)O. The van der Waals surface area contributed by atoms with Gasteiger partial charge in [-0.3, -0.25) is 9.59 Å². The summed E-state index contributed by atoms with van der Waals surface area (Å²) in [5.74, 6) is -1.77. The Morgan fingerprint density at radius 1 is 1.39 bits per heavy atom. The molecule has 3 N–H and O–H groups in total. The second-order valence-corrected chi connectivity index (χ2v) is 4.92. The topological polar surface area (TPSA) is 112 Å². The number of aromatic nitrogens is 2. The van der Waals surface area contributed by atoms with Crippen molar-refractivity contribution in [2.75, 3.05) is 0 Å². The number of hydrogen-bond acceptors (Lipinski definition) is 4. The molecule has 0 unspecified atom stereocenters. The lowest BCUT2D eigenvalue weighted by Gasteiger charge is -2.27. The molecule has 0 saturated carbocycles. The van der Waals surface area contributed by atoms with Gasteiger partial charge in [-0.1, -0.05) is 20.8 Å². The van der Waals surface area contributed by atoms with E-state index < -0.39 is 28.9 Å². The molecule has 1 heterocycles. The zero-order chi connectivity index (χ0) is 13.9. The number of carboxylic acid groups (broad SMARTS) is 1. The van der Waals surface area contributed by atoms with Crippen LogP contribution in [0.4, 0.5) is 0 Å². The molecule has 1 rings (SSSR count). The first-order valence-electron chi connectivity index (χ1n) is 5.31. The predicted octanol–water partition coefficient (Wildman–Crippen LogP) is -0.00100. The van der Waals surface area contributed by atoms with Crippen molar-refractivity contribution in [2.45, 2.75) is 26.8 Å². The van der Waals surface area contributed by atoms with E-state index in [1.54, 1.807) is 20.8 Å². The van der Waals surface area contributed by atoms with Gasteiger partial charge in [-0.25, -0.2) is 9.89 Å². The number of rotatable bonds is 3. The van der Waals surface area contributed by atoms with Gasteiger partial charge < -0.3 is 10.4 Å². The molecular formula is C11H15N3O4. The number of carbonyl (C=O) groups excluding carboxylic acids is 1. The minimum atomic E-state index is -1.12. The van der Waals surface area contributed by atoms with Gasteiger partial charge in [-0.2, -0.15) is 5.10 Å². The van der Waals surface area contributed by atoms with Gasteiger partial charge in [-0.05, 0) is 11.5 Å². The summed E-state index contributed by atoms with van der Waals surface area (Å²) in [6, 6.07) is 1.34. The summed E-state index contributed by atoms with van der Waals surface area (Å²) in [6.45, 7) is 5.10. The van der Waals surface area contributed by atoms with E-state index in [9.17, 15) is 14.4 Å². The second kappa shape index (κ2) is 4.99. The molecule has 1 aromatic heterocycles. The van der Waals surface area contributed by atoms with Crippen molar-refractivity contribution in [3.8, 4) is 0 Å². The molecule has 1 aromatic rings. The van der Waals surface area contributed by atoms with Crippen LogP contribution in [0, 0.1) is 5.41 Å². The molecule has 0 spiro atoms. The van der Waals surface area contributed by atoms with Gasteiger partial charge in [0.15, 0.2) is 0 Å². The number of nitrogens with one attached hydrogen (secondary N) is 2. The quantitative estimate of drug-likeness (QED) is 0.701. The third-order valence-electron chi connectivity index (χ3n) is 2.30. The fourth-order valence-corrected chi connectivity index (χ4v) is 1.32. The van der Waals surface area contributed by atoms with Crippen molar-refractivity contribution in [3.63, 3.8) is 0 Å². The average molecular weight is 253 g/mol. The van der Waals surface area contributed by atoms with Gasteiger partial charge in [0, 0.05) is 6.07 Å².